The number of aryl methyl sites for hydroxylation is 1. The summed E-state index contributed by atoms with van der Waals surface area (Å²) in [5.41, 5.74) is 2.60. The molecule has 1 aromatic rings. The van der Waals surface area contributed by atoms with Crippen LogP contribution in [0.1, 0.15) is 37.0 Å². The maximum absolute atomic E-state index is 5.93. The lowest BCUT2D eigenvalue weighted by Gasteiger charge is -2.19. The van der Waals surface area contributed by atoms with Crippen molar-refractivity contribution in [1.82, 2.24) is 5.32 Å². The van der Waals surface area contributed by atoms with Gasteiger partial charge >= 0.3 is 0 Å². The summed E-state index contributed by atoms with van der Waals surface area (Å²) in [7, 11) is 1.97. The Labute approximate surface area is 99.0 Å². The second-order valence-electron chi connectivity index (χ2n) is 4.13. The van der Waals surface area contributed by atoms with Crippen LogP contribution in [0.15, 0.2) is 24.3 Å². The Morgan fingerprint density at radius 2 is 2.06 bits per heavy atom. The molecule has 0 heterocycles. The zero-order chi connectivity index (χ0) is 11.8. The lowest BCUT2D eigenvalue weighted by molar-refractivity contribution is 0.0515. The topological polar surface area (TPSA) is 21.3 Å². The first-order valence-electron chi connectivity index (χ1n) is 6.11. The third-order valence-electron chi connectivity index (χ3n) is 2.74. The van der Waals surface area contributed by atoms with Crippen molar-refractivity contribution >= 4 is 0 Å². The highest BCUT2D eigenvalue weighted by atomic mass is 16.5. The van der Waals surface area contributed by atoms with Crippen LogP contribution >= 0.6 is 0 Å². The molecule has 16 heavy (non-hydrogen) atoms. The quantitative estimate of drug-likeness (QED) is 0.714. The second-order valence-corrected chi connectivity index (χ2v) is 4.13. The molecule has 0 aliphatic carbocycles. The van der Waals surface area contributed by atoms with E-state index < -0.39 is 0 Å². The smallest absolute Gasteiger partial charge is 0.0951 e. The van der Waals surface area contributed by atoms with Crippen molar-refractivity contribution in [2.24, 2.45) is 0 Å². The van der Waals surface area contributed by atoms with Crippen LogP contribution in [-0.4, -0.2) is 20.2 Å². The SMILES string of the molecule is CCCCOC(CNC)c1ccccc1C. The van der Waals surface area contributed by atoms with E-state index in [9.17, 15) is 0 Å². The van der Waals surface area contributed by atoms with E-state index in [2.05, 4.69) is 43.4 Å². The maximum atomic E-state index is 5.93. The fraction of sp³-hybridized carbons (Fsp3) is 0.571. The van der Waals surface area contributed by atoms with Crippen LogP contribution in [0.5, 0.6) is 0 Å². The van der Waals surface area contributed by atoms with Gasteiger partial charge in [0.05, 0.1) is 6.10 Å². The first-order chi connectivity index (χ1) is 7.79. The molecule has 0 aliphatic rings. The number of benzene rings is 1. The van der Waals surface area contributed by atoms with Gasteiger partial charge in [0.25, 0.3) is 0 Å². The molecule has 0 saturated carbocycles. The van der Waals surface area contributed by atoms with E-state index in [4.69, 9.17) is 4.74 Å². The van der Waals surface area contributed by atoms with Gasteiger partial charge in [0.15, 0.2) is 0 Å². The van der Waals surface area contributed by atoms with E-state index in [1.54, 1.807) is 0 Å². The zero-order valence-electron chi connectivity index (χ0n) is 10.6. The van der Waals surface area contributed by atoms with Gasteiger partial charge in [-0.25, -0.2) is 0 Å². The van der Waals surface area contributed by atoms with Crippen LogP contribution in [0.3, 0.4) is 0 Å². The average molecular weight is 221 g/mol. The fourth-order valence-electron chi connectivity index (χ4n) is 1.76. The van der Waals surface area contributed by atoms with Gasteiger partial charge in [0, 0.05) is 13.2 Å². The molecule has 0 saturated heterocycles. The van der Waals surface area contributed by atoms with Crippen LogP contribution < -0.4 is 5.32 Å². The largest absolute Gasteiger partial charge is 0.372 e. The molecule has 2 nitrogen and oxygen atoms in total. The number of hydrogen-bond acceptors (Lipinski definition) is 2. The molecule has 0 bridgehead atoms. The van der Waals surface area contributed by atoms with Crippen molar-refractivity contribution in [1.29, 1.82) is 0 Å². The molecule has 0 aromatic heterocycles. The normalized spacial score (nSPS) is 12.7. The third-order valence-corrected chi connectivity index (χ3v) is 2.74. The molecule has 0 spiro atoms. The van der Waals surface area contributed by atoms with E-state index in [-0.39, 0.29) is 6.10 Å². The van der Waals surface area contributed by atoms with Gasteiger partial charge in [-0.3, -0.25) is 0 Å². The molecular weight excluding hydrogens is 198 g/mol. The number of unbranched alkanes of at least 4 members (excludes halogenated alkanes) is 1. The number of ether oxygens (including phenoxy) is 1. The Hall–Kier alpha value is -0.860. The predicted molar refractivity (Wildman–Crippen MR) is 68.7 cm³/mol. The third kappa shape index (κ3) is 3.95. The minimum absolute atomic E-state index is 0.178. The molecule has 1 atom stereocenters. The zero-order valence-corrected chi connectivity index (χ0v) is 10.6. The van der Waals surface area contributed by atoms with Crippen molar-refractivity contribution in [3.63, 3.8) is 0 Å². The summed E-state index contributed by atoms with van der Waals surface area (Å²) in [4.78, 5) is 0. The molecule has 0 amide bonds. The van der Waals surface area contributed by atoms with Gasteiger partial charge in [-0.1, -0.05) is 37.6 Å². The highest BCUT2D eigenvalue weighted by molar-refractivity contribution is 5.28. The van der Waals surface area contributed by atoms with Crippen molar-refractivity contribution in [3.8, 4) is 0 Å². The Kier molecular flexibility index (Phi) is 6.12. The minimum Gasteiger partial charge on any atom is -0.372 e. The Balaban J connectivity index is 2.65. The molecule has 0 radical (unpaired) electrons. The highest BCUT2D eigenvalue weighted by Gasteiger charge is 2.12. The minimum atomic E-state index is 0.178. The first-order valence-corrected chi connectivity index (χ1v) is 6.11. The van der Waals surface area contributed by atoms with Crippen molar-refractivity contribution in [2.45, 2.75) is 32.8 Å². The number of likely N-dealkylation sites (N-methyl/N-ethyl adjacent to an activating group) is 1. The van der Waals surface area contributed by atoms with Gasteiger partial charge in [-0.05, 0) is 31.5 Å². The van der Waals surface area contributed by atoms with E-state index in [1.165, 1.54) is 17.5 Å². The summed E-state index contributed by atoms with van der Waals surface area (Å²) in [6, 6.07) is 8.44. The number of nitrogens with one attached hydrogen (secondary N) is 1. The highest BCUT2D eigenvalue weighted by Crippen LogP contribution is 2.20. The molecule has 2 heteroatoms. The predicted octanol–water partition coefficient (Wildman–Crippen LogP) is 3.07. The lowest BCUT2D eigenvalue weighted by atomic mass is 10.0. The fourth-order valence-corrected chi connectivity index (χ4v) is 1.76. The monoisotopic (exact) mass is 221 g/mol. The van der Waals surface area contributed by atoms with Gasteiger partial charge in [-0.2, -0.15) is 0 Å². The first kappa shape index (κ1) is 13.2. The summed E-state index contributed by atoms with van der Waals surface area (Å²) in [6.45, 7) is 6.04. The van der Waals surface area contributed by atoms with Crippen LogP contribution in [0.4, 0.5) is 0 Å². The Morgan fingerprint density at radius 1 is 1.31 bits per heavy atom. The molecule has 1 rings (SSSR count). The second kappa shape index (κ2) is 7.42. The van der Waals surface area contributed by atoms with E-state index in [0.717, 1.165) is 19.6 Å². The summed E-state index contributed by atoms with van der Waals surface area (Å²) in [6.07, 6.45) is 2.49. The van der Waals surface area contributed by atoms with Crippen LogP contribution in [0.25, 0.3) is 0 Å². The Bertz CT molecular complexity index is 299. The molecule has 90 valence electrons. The van der Waals surface area contributed by atoms with Gasteiger partial charge in [0.1, 0.15) is 0 Å². The van der Waals surface area contributed by atoms with Gasteiger partial charge < -0.3 is 10.1 Å². The number of hydrogen-bond donors (Lipinski definition) is 1. The molecule has 1 unspecified atom stereocenters. The average Bonchev–Trinajstić information content (AvgIpc) is 2.29. The van der Waals surface area contributed by atoms with Crippen molar-refractivity contribution in [3.05, 3.63) is 35.4 Å². The van der Waals surface area contributed by atoms with Gasteiger partial charge in [-0.15, -0.1) is 0 Å². The summed E-state index contributed by atoms with van der Waals surface area (Å²) in [5, 5.41) is 3.20. The molecule has 0 aliphatic heterocycles. The standard InChI is InChI=1S/C14H23NO/c1-4-5-10-16-14(11-15-3)13-9-7-6-8-12(13)2/h6-9,14-15H,4-5,10-11H2,1-3H3. The summed E-state index contributed by atoms with van der Waals surface area (Å²) >= 11 is 0. The van der Waals surface area contributed by atoms with Crippen LogP contribution in [0.2, 0.25) is 0 Å². The summed E-state index contributed by atoms with van der Waals surface area (Å²) < 4.78 is 5.93. The molecule has 1 N–H and O–H groups in total. The van der Waals surface area contributed by atoms with E-state index in [0.29, 0.717) is 0 Å². The Morgan fingerprint density at radius 3 is 2.69 bits per heavy atom. The summed E-state index contributed by atoms with van der Waals surface area (Å²) in [5.74, 6) is 0. The van der Waals surface area contributed by atoms with E-state index in [1.807, 2.05) is 7.05 Å². The lowest BCUT2D eigenvalue weighted by Crippen LogP contribution is -2.20. The van der Waals surface area contributed by atoms with Crippen molar-refractivity contribution in [2.75, 3.05) is 20.2 Å². The van der Waals surface area contributed by atoms with E-state index >= 15 is 0 Å². The molecule has 0 fully saturated rings. The maximum Gasteiger partial charge on any atom is 0.0951 e. The van der Waals surface area contributed by atoms with Gasteiger partial charge in [0.2, 0.25) is 0 Å². The molecular formula is C14H23NO. The van der Waals surface area contributed by atoms with Crippen molar-refractivity contribution < 1.29 is 4.74 Å². The molecule has 1 aromatic carbocycles. The van der Waals surface area contributed by atoms with Crippen LogP contribution in [0, 0.1) is 6.92 Å². The van der Waals surface area contributed by atoms with Crippen LogP contribution in [-0.2, 0) is 4.74 Å². The number of rotatable bonds is 7.